The fraction of sp³-hybridized carbons (Fsp3) is 0.556. The molecule has 0 aliphatic carbocycles. The lowest BCUT2D eigenvalue weighted by Crippen LogP contribution is -2.49. The summed E-state index contributed by atoms with van der Waals surface area (Å²) in [6.07, 6.45) is 0.178. The number of alkyl carbamates (subject to hydrolysis) is 1. The lowest BCUT2D eigenvalue weighted by Gasteiger charge is -2.27. The Morgan fingerprint density at radius 3 is 2.38 bits per heavy atom. The zero-order valence-corrected chi connectivity index (χ0v) is 14.9. The van der Waals surface area contributed by atoms with Gasteiger partial charge in [0.1, 0.15) is 11.6 Å². The van der Waals surface area contributed by atoms with E-state index in [1.165, 1.54) is 0 Å². The van der Waals surface area contributed by atoms with Crippen molar-refractivity contribution in [2.24, 2.45) is 0 Å². The summed E-state index contributed by atoms with van der Waals surface area (Å²) in [6, 6.07) is 8.83. The summed E-state index contributed by atoms with van der Waals surface area (Å²) >= 11 is 0. The van der Waals surface area contributed by atoms with E-state index in [-0.39, 0.29) is 6.54 Å². The molecule has 1 atom stereocenters. The van der Waals surface area contributed by atoms with Crippen molar-refractivity contribution >= 4 is 12.1 Å². The summed E-state index contributed by atoms with van der Waals surface area (Å²) in [5.41, 5.74) is 0.438. The van der Waals surface area contributed by atoms with Crippen LogP contribution in [0.3, 0.4) is 0 Å². The molecule has 1 aromatic carbocycles. The Labute approximate surface area is 143 Å². The number of hydrogen-bond acceptors (Lipinski definition) is 4. The Morgan fingerprint density at radius 1 is 1.25 bits per heavy atom. The van der Waals surface area contributed by atoms with Crippen molar-refractivity contribution in [2.75, 3.05) is 13.1 Å². The number of hydrogen-bond donors (Lipinski definition) is 2. The van der Waals surface area contributed by atoms with Crippen molar-refractivity contribution in [3.8, 4) is 0 Å². The van der Waals surface area contributed by atoms with Crippen LogP contribution >= 0.6 is 0 Å². The number of amides is 1. The topological polar surface area (TPSA) is 78.9 Å². The molecule has 6 nitrogen and oxygen atoms in total. The smallest absolute Gasteiger partial charge is 0.408 e. The third kappa shape index (κ3) is 7.97. The lowest BCUT2D eigenvalue weighted by molar-refractivity contribution is -0.140. The zero-order chi connectivity index (χ0) is 18.2. The third-order valence-corrected chi connectivity index (χ3v) is 3.22. The van der Waals surface area contributed by atoms with E-state index in [2.05, 4.69) is 5.32 Å². The van der Waals surface area contributed by atoms with Crippen LogP contribution < -0.4 is 5.32 Å². The molecule has 0 fully saturated rings. The minimum atomic E-state index is -1.07. The van der Waals surface area contributed by atoms with E-state index in [4.69, 9.17) is 4.74 Å². The van der Waals surface area contributed by atoms with E-state index in [1.54, 1.807) is 20.8 Å². The van der Waals surface area contributed by atoms with Crippen molar-refractivity contribution in [1.29, 1.82) is 0 Å². The summed E-state index contributed by atoms with van der Waals surface area (Å²) in [5.74, 6) is -1.07. The number of carboxylic acids is 1. The molecule has 0 saturated heterocycles. The van der Waals surface area contributed by atoms with E-state index in [0.717, 1.165) is 18.5 Å². The number of aliphatic carboxylic acids is 1. The number of carboxylic acid groups (broad SMARTS) is 1. The van der Waals surface area contributed by atoms with Crippen molar-refractivity contribution in [3.63, 3.8) is 0 Å². The highest BCUT2D eigenvalue weighted by molar-refractivity contribution is 5.80. The molecule has 1 rings (SSSR count). The number of rotatable bonds is 8. The second-order valence-corrected chi connectivity index (χ2v) is 6.76. The average Bonchev–Trinajstić information content (AvgIpc) is 2.45. The number of benzene rings is 1. The van der Waals surface area contributed by atoms with E-state index in [0.29, 0.717) is 6.54 Å². The fourth-order valence-corrected chi connectivity index (χ4v) is 2.29. The molecule has 2 N–H and O–H groups in total. The molecule has 134 valence electrons. The summed E-state index contributed by atoms with van der Waals surface area (Å²) in [5, 5.41) is 11.9. The minimum Gasteiger partial charge on any atom is -0.480 e. The molecule has 0 aliphatic heterocycles. The molecule has 0 saturated carbocycles. The highest BCUT2D eigenvalue weighted by Gasteiger charge is 2.25. The van der Waals surface area contributed by atoms with Gasteiger partial charge < -0.3 is 15.2 Å². The van der Waals surface area contributed by atoms with Gasteiger partial charge in [0.25, 0.3) is 0 Å². The van der Waals surface area contributed by atoms with E-state index >= 15 is 0 Å². The van der Waals surface area contributed by atoms with Gasteiger partial charge in [-0.2, -0.15) is 0 Å². The second-order valence-electron chi connectivity index (χ2n) is 6.76. The maximum atomic E-state index is 11.9. The quantitative estimate of drug-likeness (QED) is 0.763. The predicted molar refractivity (Wildman–Crippen MR) is 92.8 cm³/mol. The number of ether oxygens (including phenoxy) is 1. The molecule has 0 heterocycles. The molecule has 0 spiro atoms. The molecule has 24 heavy (non-hydrogen) atoms. The zero-order valence-electron chi connectivity index (χ0n) is 14.9. The van der Waals surface area contributed by atoms with Gasteiger partial charge in [-0.3, -0.25) is 4.90 Å². The first kappa shape index (κ1) is 20.0. The van der Waals surface area contributed by atoms with E-state index < -0.39 is 23.7 Å². The van der Waals surface area contributed by atoms with Crippen molar-refractivity contribution in [3.05, 3.63) is 35.9 Å². The van der Waals surface area contributed by atoms with Crippen molar-refractivity contribution < 1.29 is 19.4 Å². The molecule has 0 bridgehead atoms. The summed E-state index contributed by atoms with van der Waals surface area (Å²) in [7, 11) is 0. The molecular weight excluding hydrogens is 308 g/mol. The standard InChI is InChI=1S/C18H28N2O4/c1-5-11-20(12-14-9-7-6-8-10-14)13-15(16(21)22)19-17(23)24-18(2,3)4/h6-10,15H,5,11-13H2,1-4H3,(H,19,23)(H,21,22). The van der Waals surface area contributed by atoms with Crippen molar-refractivity contribution in [2.45, 2.75) is 52.3 Å². The number of carbonyl (C=O) groups is 2. The van der Waals surface area contributed by atoms with Gasteiger partial charge in [-0.05, 0) is 39.3 Å². The fourth-order valence-electron chi connectivity index (χ4n) is 2.29. The third-order valence-electron chi connectivity index (χ3n) is 3.22. The number of nitrogens with zero attached hydrogens (tertiary/aromatic N) is 1. The van der Waals surface area contributed by atoms with Crippen molar-refractivity contribution in [1.82, 2.24) is 10.2 Å². The minimum absolute atomic E-state index is 0.220. The Hall–Kier alpha value is -2.08. The molecule has 1 aromatic rings. The van der Waals surface area contributed by atoms with Crippen LogP contribution in [-0.2, 0) is 16.1 Å². The first-order valence-electron chi connectivity index (χ1n) is 8.20. The highest BCUT2D eigenvalue weighted by atomic mass is 16.6. The van der Waals surface area contributed by atoms with Crippen LogP contribution in [-0.4, -0.2) is 46.8 Å². The van der Waals surface area contributed by atoms with Gasteiger partial charge in [0, 0.05) is 13.1 Å². The summed E-state index contributed by atoms with van der Waals surface area (Å²) in [4.78, 5) is 25.4. The SMILES string of the molecule is CCCN(Cc1ccccc1)CC(NC(=O)OC(C)(C)C)C(=O)O. The Balaban J connectivity index is 2.71. The largest absolute Gasteiger partial charge is 0.480 e. The summed E-state index contributed by atoms with van der Waals surface area (Å²) < 4.78 is 5.15. The van der Waals surface area contributed by atoms with Crippen LogP contribution in [0.25, 0.3) is 0 Å². The van der Waals surface area contributed by atoms with Crippen LogP contribution in [0.2, 0.25) is 0 Å². The van der Waals surface area contributed by atoms with Gasteiger partial charge in [-0.1, -0.05) is 37.3 Å². The highest BCUT2D eigenvalue weighted by Crippen LogP contribution is 2.09. The molecule has 0 aromatic heterocycles. The normalized spacial score (nSPS) is 12.7. The monoisotopic (exact) mass is 336 g/mol. The van der Waals surface area contributed by atoms with Crippen LogP contribution in [0.15, 0.2) is 30.3 Å². The van der Waals surface area contributed by atoms with Crippen LogP contribution in [0.5, 0.6) is 0 Å². The van der Waals surface area contributed by atoms with Gasteiger partial charge in [0.2, 0.25) is 0 Å². The van der Waals surface area contributed by atoms with Gasteiger partial charge in [-0.15, -0.1) is 0 Å². The Morgan fingerprint density at radius 2 is 1.88 bits per heavy atom. The van der Waals surface area contributed by atoms with E-state index in [9.17, 15) is 14.7 Å². The average molecular weight is 336 g/mol. The first-order valence-corrected chi connectivity index (χ1v) is 8.20. The lowest BCUT2D eigenvalue weighted by atomic mass is 10.2. The summed E-state index contributed by atoms with van der Waals surface area (Å²) in [6.45, 7) is 8.85. The number of nitrogens with one attached hydrogen (secondary N) is 1. The first-order chi connectivity index (χ1) is 11.2. The van der Waals surface area contributed by atoms with Crippen LogP contribution in [0.4, 0.5) is 4.79 Å². The molecular formula is C18H28N2O4. The molecule has 0 radical (unpaired) electrons. The van der Waals surface area contributed by atoms with Crippen LogP contribution in [0, 0.1) is 0 Å². The van der Waals surface area contributed by atoms with E-state index in [1.807, 2.05) is 42.2 Å². The molecule has 1 amide bonds. The van der Waals surface area contributed by atoms with Gasteiger partial charge in [0.15, 0.2) is 0 Å². The molecule has 0 aliphatic rings. The Kier molecular flexibility index (Phi) is 7.71. The maximum Gasteiger partial charge on any atom is 0.408 e. The van der Waals surface area contributed by atoms with Gasteiger partial charge in [-0.25, -0.2) is 9.59 Å². The molecule has 6 heteroatoms. The van der Waals surface area contributed by atoms with Gasteiger partial charge in [0.05, 0.1) is 0 Å². The van der Waals surface area contributed by atoms with Crippen LogP contribution in [0.1, 0.15) is 39.7 Å². The molecule has 1 unspecified atom stereocenters. The second kappa shape index (κ2) is 9.27. The predicted octanol–water partition coefficient (Wildman–Crippen LogP) is 2.88. The van der Waals surface area contributed by atoms with Gasteiger partial charge >= 0.3 is 12.1 Å². The number of carbonyl (C=O) groups excluding carboxylic acids is 1. The Bertz CT molecular complexity index is 526. The maximum absolute atomic E-state index is 11.9.